The Kier molecular flexibility index (Phi) is 3.23. The Balaban J connectivity index is 2.41. The lowest BCUT2D eigenvalue weighted by atomic mass is 10.0. The van der Waals surface area contributed by atoms with Gasteiger partial charge in [0.1, 0.15) is 23.5 Å². The molecule has 0 aliphatic rings. The van der Waals surface area contributed by atoms with Gasteiger partial charge in [0.05, 0.1) is 7.11 Å². The summed E-state index contributed by atoms with van der Waals surface area (Å²) in [5.41, 5.74) is 0.697. The first-order valence-electron chi connectivity index (χ1n) is 5.26. The number of fused-ring (bicyclic) bond motifs is 1. The minimum atomic E-state index is -0.662. The maximum Gasteiger partial charge on any atom is 0.316 e. The highest BCUT2D eigenvalue weighted by Crippen LogP contribution is 2.27. The summed E-state index contributed by atoms with van der Waals surface area (Å²) in [5, 5.41) is 0.905. The zero-order chi connectivity index (χ0) is 12.3. The van der Waals surface area contributed by atoms with Crippen LogP contribution < -0.4 is 0 Å². The second kappa shape index (κ2) is 4.82. The molecule has 0 amide bonds. The van der Waals surface area contributed by atoms with Crippen LogP contribution in [-0.2, 0) is 14.3 Å². The average Bonchev–Trinajstić information content (AvgIpc) is 2.78. The fraction of sp³-hybridized carbons (Fsp3) is 0.231. The van der Waals surface area contributed by atoms with Gasteiger partial charge in [-0.2, -0.15) is 0 Å². The number of carbonyl (C=O) groups is 2. The van der Waals surface area contributed by atoms with Gasteiger partial charge in [-0.25, -0.2) is 0 Å². The summed E-state index contributed by atoms with van der Waals surface area (Å²) < 4.78 is 10.2. The van der Waals surface area contributed by atoms with Crippen LogP contribution >= 0.6 is 0 Å². The molecule has 0 N–H and O–H groups in total. The molecule has 17 heavy (non-hydrogen) atoms. The maximum absolute atomic E-state index is 11.5. The van der Waals surface area contributed by atoms with Gasteiger partial charge in [-0.15, -0.1) is 0 Å². The quantitative estimate of drug-likeness (QED) is 0.599. The Morgan fingerprint density at radius 2 is 2.24 bits per heavy atom. The largest absolute Gasteiger partial charge is 0.468 e. The van der Waals surface area contributed by atoms with E-state index in [1.54, 1.807) is 6.07 Å². The Hall–Kier alpha value is -2.10. The van der Waals surface area contributed by atoms with Crippen LogP contribution in [0.5, 0.6) is 0 Å². The molecule has 0 radical (unpaired) electrons. The minimum Gasteiger partial charge on any atom is -0.468 e. The second-order valence-corrected chi connectivity index (χ2v) is 3.66. The van der Waals surface area contributed by atoms with Gasteiger partial charge in [0.2, 0.25) is 0 Å². The molecule has 1 aromatic heterocycles. The van der Waals surface area contributed by atoms with Crippen molar-refractivity contribution in [1.29, 1.82) is 0 Å². The number of furan rings is 1. The van der Waals surface area contributed by atoms with E-state index < -0.39 is 11.9 Å². The molecule has 0 fully saturated rings. The third-order valence-corrected chi connectivity index (χ3v) is 2.61. The van der Waals surface area contributed by atoms with E-state index in [2.05, 4.69) is 4.74 Å². The molecule has 4 nitrogen and oxygen atoms in total. The SMILES string of the molecule is COC(=O)[C@H](CC=O)c1cc2ccccc2o1. The van der Waals surface area contributed by atoms with E-state index in [1.807, 2.05) is 24.3 Å². The molecule has 0 saturated carbocycles. The molecule has 1 heterocycles. The van der Waals surface area contributed by atoms with Crippen molar-refractivity contribution in [2.45, 2.75) is 12.3 Å². The summed E-state index contributed by atoms with van der Waals surface area (Å²) >= 11 is 0. The highest BCUT2D eigenvalue weighted by Gasteiger charge is 2.24. The number of aldehydes is 1. The normalized spacial score (nSPS) is 12.3. The molecular formula is C13H12O4. The van der Waals surface area contributed by atoms with Gasteiger partial charge >= 0.3 is 5.97 Å². The number of rotatable bonds is 4. The van der Waals surface area contributed by atoms with Crippen molar-refractivity contribution < 1.29 is 18.7 Å². The summed E-state index contributed by atoms with van der Waals surface area (Å²) in [6, 6.07) is 9.20. The number of methoxy groups -OCH3 is 1. The van der Waals surface area contributed by atoms with E-state index in [4.69, 9.17) is 4.42 Å². The highest BCUT2D eigenvalue weighted by molar-refractivity contribution is 5.84. The van der Waals surface area contributed by atoms with Gasteiger partial charge in [-0.3, -0.25) is 4.79 Å². The molecule has 1 atom stereocenters. The van der Waals surface area contributed by atoms with E-state index in [9.17, 15) is 9.59 Å². The fourth-order valence-corrected chi connectivity index (χ4v) is 1.74. The smallest absolute Gasteiger partial charge is 0.316 e. The van der Waals surface area contributed by atoms with Crippen LogP contribution in [0.15, 0.2) is 34.7 Å². The van der Waals surface area contributed by atoms with Crippen LogP contribution in [0.2, 0.25) is 0 Å². The van der Waals surface area contributed by atoms with Gasteiger partial charge in [0, 0.05) is 11.8 Å². The van der Waals surface area contributed by atoms with E-state index >= 15 is 0 Å². The van der Waals surface area contributed by atoms with Gasteiger partial charge in [0.15, 0.2) is 0 Å². The summed E-state index contributed by atoms with van der Waals surface area (Å²) in [6.45, 7) is 0. The Morgan fingerprint density at radius 3 is 2.88 bits per heavy atom. The first-order chi connectivity index (χ1) is 8.26. The summed E-state index contributed by atoms with van der Waals surface area (Å²) in [4.78, 5) is 22.1. The van der Waals surface area contributed by atoms with Crippen LogP contribution in [0.25, 0.3) is 11.0 Å². The summed E-state index contributed by atoms with van der Waals surface area (Å²) in [7, 11) is 1.29. The summed E-state index contributed by atoms with van der Waals surface area (Å²) in [5.74, 6) is -0.661. The van der Waals surface area contributed by atoms with Gasteiger partial charge in [-0.1, -0.05) is 18.2 Å². The molecule has 0 aliphatic heterocycles. The number of carbonyl (C=O) groups excluding carboxylic acids is 2. The van der Waals surface area contributed by atoms with Crippen molar-refractivity contribution in [3.63, 3.8) is 0 Å². The first kappa shape index (κ1) is 11.4. The lowest BCUT2D eigenvalue weighted by Crippen LogP contribution is -2.14. The maximum atomic E-state index is 11.5. The average molecular weight is 232 g/mol. The Morgan fingerprint density at radius 1 is 1.47 bits per heavy atom. The molecule has 1 aromatic carbocycles. The lowest BCUT2D eigenvalue weighted by Gasteiger charge is -2.07. The molecule has 0 unspecified atom stereocenters. The van der Waals surface area contributed by atoms with Crippen LogP contribution in [0, 0.1) is 0 Å². The van der Waals surface area contributed by atoms with Crippen molar-refractivity contribution in [2.75, 3.05) is 7.11 Å². The monoisotopic (exact) mass is 232 g/mol. The van der Waals surface area contributed by atoms with E-state index in [0.29, 0.717) is 17.6 Å². The van der Waals surface area contributed by atoms with Crippen LogP contribution in [0.1, 0.15) is 18.1 Å². The molecule has 0 saturated heterocycles. The molecule has 0 bridgehead atoms. The van der Waals surface area contributed by atoms with Crippen molar-refractivity contribution in [3.05, 3.63) is 36.1 Å². The number of ether oxygens (including phenoxy) is 1. The predicted molar refractivity (Wildman–Crippen MR) is 61.7 cm³/mol. The Labute approximate surface area is 98.2 Å². The lowest BCUT2D eigenvalue weighted by molar-refractivity contribution is -0.143. The topological polar surface area (TPSA) is 56.5 Å². The van der Waals surface area contributed by atoms with Crippen LogP contribution in [0.3, 0.4) is 0 Å². The third kappa shape index (κ3) is 2.20. The number of benzene rings is 1. The number of para-hydroxylation sites is 1. The zero-order valence-corrected chi connectivity index (χ0v) is 9.38. The fourth-order valence-electron chi connectivity index (χ4n) is 1.74. The summed E-state index contributed by atoms with van der Waals surface area (Å²) in [6.07, 6.45) is 0.751. The zero-order valence-electron chi connectivity index (χ0n) is 9.38. The molecular weight excluding hydrogens is 220 g/mol. The van der Waals surface area contributed by atoms with Gasteiger partial charge in [0.25, 0.3) is 0 Å². The Bertz CT molecular complexity index is 508. The second-order valence-electron chi connectivity index (χ2n) is 3.66. The first-order valence-corrected chi connectivity index (χ1v) is 5.26. The number of hydrogen-bond donors (Lipinski definition) is 0. The van der Waals surface area contributed by atoms with E-state index in [1.165, 1.54) is 7.11 Å². The number of esters is 1. The van der Waals surface area contributed by atoms with Crippen LogP contribution in [0.4, 0.5) is 0 Å². The standard InChI is InChI=1S/C13H12O4/c1-16-13(15)10(6-7-14)12-8-9-4-2-3-5-11(9)17-12/h2-5,7-8,10H,6H2,1H3/t10-/m1/s1. The molecule has 4 heteroatoms. The number of hydrogen-bond acceptors (Lipinski definition) is 4. The molecule has 0 aliphatic carbocycles. The molecule has 0 spiro atoms. The minimum absolute atomic E-state index is 0.0620. The molecule has 88 valence electrons. The molecule has 2 aromatic rings. The van der Waals surface area contributed by atoms with E-state index in [-0.39, 0.29) is 6.42 Å². The molecule has 2 rings (SSSR count). The van der Waals surface area contributed by atoms with Crippen LogP contribution in [-0.4, -0.2) is 19.4 Å². The van der Waals surface area contributed by atoms with Gasteiger partial charge < -0.3 is 13.9 Å². The predicted octanol–water partition coefficient (Wildman–Crippen LogP) is 2.28. The van der Waals surface area contributed by atoms with Gasteiger partial charge in [-0.05, 0) is 12.1 Å². The third-order valence-electron chi connectivity index (χ3n) is 2.61. The highest BCUT2D eigenvalue weighted by atomic mass is 16.5. The van der Waals surface area contributed by atoms with Crippen molar-refractivity contribution in [3.8, 4) is 0 Å². The van der Waals surface area contributed by atoms with Crippen molar-refractivity contribution in [2.24, 2.45) is 0 Å². The van der Waals surface area contributed by atoms with E-state index in [0.717, 1.165) is 5.39 Å². The van der Waals surface area contributed by atoms with Crippen molar-refractivity contribution in [1.82, 2.24) is 0 Å². The van der Waals surface area contributed by atoms with Crippen molar-refractivity contribution >= 4 is 23.2 Å².